The first-order valence-electron chi connectivity index (χ1n) is 6.65. The lowest BCUT2D eigenvalue weighted by Crippen LogP contribution is -2.21. The molecule has 20 heavy (non-hydrogen) atoms. The number of nitrogens with one attached hydrogen (secondary N) is 1. The summed E-state index contributed by atoms with van der Waals surface area (Å²) in [6, 6.07) is 15.6. The molecule has 0 aromatic heterocycles. The minimum atomic E-state index is -0.562. The lowest BCUT2D eigenvalue weighted by molar-refractivity contribution is 0.170. The zero-order valence-electron chi connectivity index (χ0n) is 11.1. The molecule has 1 aliphatic heterocycles. The Morgan fingerprint density at radius 1 is 1.05 bits per heavy atom. The zero-order chi connectivity index (χ0) is 13.8. The van der Waals surface area contributed by atoms with Crippen molar-refractivity contribution in [3.8, 4) is 11.5 Å². The van der Waals surface area contributed by atoms with E-state index < -0.39 is 6.10 Å². The summed E-state index contributed by atoms with van der Waals surface area (Å²) in [5.74, 6) is 1.43. The van der Waals surface area contributed by atoms with Gasteiger partial charge in [0.25, 0.3) is 0 Å². The van der Waals surface area contributed by atoms with Crippen molar-refractivity contribution >= 4 is 0 Å². The van der Waals surface area contributed by atoms with Crippen molar-refractivity contribution in [1.29, 1.82) is 0 Å². The Hall–Kier alpha value is -2.04. The summed E-state index contributed by atoms with van der Waals surface area (Å²) >= 11 is 0. The monoisotopic (exact) mass is 271 g/mol. The Kier molecular flexibility index (Phi) is 3.85. The third kappa shape index (κ3) is 2.92. The van der Waals surface area contributed by atoms with Crippen LogP contribution in [0.1, 0.15) is 17.2 Å². The van der Waals surface area contributed by atoms with Crippen molar-refractivity contribution in [3.63, 3.8) is 0 Å². The van der Waals surface area contributed by atoms with Crippen LogP contribution in [0.2, 0.25) is 0 Å². The fraction of sp³-hybridized carbons (Fsp3) is 0.250. The highest BCUT2D eigenvalue weighted by Crippen LogP contribution is 2.34. The number of aliphatic hydroxyl groups excluding tert-OH is 1. The number of aliphatic hydroxyl groups is 1. The lowest BCUT2D eigenvalue weighted by Gasteiger charge is -2.13. The van der Waals surface area contributed by atoms with Crippen LogP contribution in [0.15, 0.2) is 48.5 Å². The molecule has 1 atom stereocenters. The second-order valence-electron chi connectivity index (χ2n) is 4.74. The van der Waals surface area contributed by atoms with Gasteiger partial charge in [0.05, 0.1) is 6.10 Å². The second-order valence-corrected chi connectivity index (χ2v) is 4.74. The molecule has 104 valence electrons. The van der Waals surface area contributed by atoms with Gasteiger partial charge in [0, 0.05) is 13.1 Å². The van der Waals surface area contributed by atoms with E-state index in [4.69, 9.17) is 9.47 Å². The smallest absolute Gasteiger partial charge is 0.231 e. The van der Waals surface area contributed by atoms with Crippen LogP contribution < -0.4 is 14.8 Å². The van der Waals surface area contributed by atoms with Gasteiger partial charge in [-0.05, 0) is 23.3 Å². The molecular formula is C16H17NO3. The first-order chi connectivity index (χ1) is 9.83. The minimum Gasteiger partial charge on any atom is -0.454 e. The molecule has 4 nitrogen and oxygen atoms in total. The number of hydrogen-bond acceptors (Lipinski definition) is 4. The Bertz CT molecular complexity index is 571. The van der Waals surface area contributed by atoms with Crippen molar-refractivity contribution in [3.05, 3.63) is 59.7 Å². The van der Waals surface area contributed by atoms with E-state index in [-0.39, 0.29) is 6.79 Å². The van der Waals surface area contributed by atoms with Gasteiger partial charge in [-0.2, -0.15) is 0 Å². The van der Waals surface area contributed by atoms with E-state index in [0.717, 1.165) is 17.9 Å². The van der Waals surface area contributed by atoms with Gasteiger partial charge in [0.15, 0.2) is 11.5 Å². The first-order valence-corrected chi connectivity index (χ1v) is 6.65. The van der Waals surface area contributed by atoms with Gasteiger partial charge in [-0.1, -0.05) is 36.4 Å². The molecule has 3 rings (SSSR count). The molecule has 1 aliphatic rings. The van der Waals surface area contributed by atoms with Crippen LogP contribution in [-0.4, -0.2) is 18.4 Å². The third-order valence-corrected chi connectivity index (χ3v) is 3.29. The molecular weight excluding hydrogens is 254 g/mol. The molecule has 2 aromatic carbocycles. The SMILES string of the molecule is O[C@@H](CNCc1ccccc1)c1ccc2c(c1)OCO2. The number of ether oxygens (including phenoxy) is 2. The van der Waals surface area contributed by atoms with Crippen LogP contribution in [0, 0.1) is 0 Å². The van der Waals surface area contributed by atoms with Crippen LogP contribution in [0.5, 0.6) is 11.5 Å². The molecule has 0 bridgehead atoms. The van der Waals surface area contributed by atoms with E-state index in [1.54, 1.807) is 0 Å². The van der Waals surface area contributed by atoms with Crippen LogP contribution >= 0.6 is 0 Å². The quantitative estimate of drug-likeness (QED) is 0.875. The van der Waals surface area contributed by atoms with E-state index >= 15 is 0 Å². The van der Waals surface area contributed by atoms with Crippen molar-refractivity contribution in [2.45, 2.75) is 12.6 Å². The van der Waals surface area contributed by atoms with E-state index in [0.29, 0.717) is 12.3 Å². The maximum atomic E-state index is 10.2. The Morgan fingerprint density at radius 3 is 2.70 bits per heavy atom. The summed E-state index contributed by atoms with van der Waals surface area (Å²) in [5, 5.41) is 13.4. The minimum absolute atomic E-state index is 0.251. The van der Waals surface area contributed by atoms with Crippen LogP contribution in [0.25, 0.3) is 0 Å². The molecule has 0 saturated carbocycles. The van der Waals surface area contributed by atoms with Crippen LogP contribution in [-0.2, 0) is 6.54 Å². The fourth-order valence-corrected chi connectivity index (χ4v) is 2.19. The van der Waals surface area contributed by atoms with E-state index in [1.807, 2.05) is 36.4 Å². The Morgan fingerprint density at radius 2 is 1.85 bits per heavy atom. The second kappa shape index (κ2) is 5.94. The van der Waals surface area contributed by atoms with Gasteiger partial charge in [-0.3, -0.25) is 0 Å². The highest BCUT2D eigenvalue weighted by atomic mass is 16.7. The normalized spacial score (nSPS) is 14.2. The molecule has 2 aromatic rings. The Balaban J connectivity index is 1.55. The molecule has 0 fully saturated rings. The van der Waals surface area contributed by atoms with Crippen LogP contribution in [0.4, 0.5) is 0 Å². The summed E-state index contributed by atoms with van der Waals surface area (Å²) in [7, 11) is 0. The Labute approximate surface area is 118 Å². The average Bonchev–Trinajstić information content (AvgIpc) is 2.95. The maximum absolute atomic E-state index is 10.2. The summed E-state index contributed by atoms with van der Waals surface area (Å²) in [6.45, 7) is 1.48. The lowest BCUT2D eigenvalue weighted by atomic mass is 10.1. The van der Waals surface area contributed by atoms with Crippen molar-refractivity contribution in [2.75, 3.05) is 13.3 Å². The highest BCUT2D eigenvalue weighted by Gasteiger charge is 2.16. The van der Waals surface area contributed by atoms with Gasteiger partial charge < -0.3 is 19.9 Å². The molecule has 2 N–H and O–H groups in total. The summed E-state index contributed by atoms with van der Waals surface area (Å²) in [4.78, 5) is 0. The van der Waals surface area contributed by atoms with Crippen LogP contribution in [0.3, 0.4) is 0 Å². The largest absolute Gasteiger partial charge is 0.454 e. The topological polar surface area (TPSA) is 50.7 Å². The van der Waals surface area contributed by atoms with Crippen molar-refractivity contribution in [2.24, 2.45) is 0 Å². The van der Waals surface area contributed by atoms with Crippen molar-refractivity contribution in [1.82, 2.24) is 5.32 Å². The molecule has 0 saturated heterocycles. The fourth-order valence-electron chi connectivity index (χ4n) is 2.19. The van der Waals surface area contributed by atoms with E-state index in [2.05, 4.69) is 17.4 Å². The number of fused-ring (bicyclic) bond motifs is 1. The molecule has 4 heteroatoms. The number of benzene rings is 2. The number of hydrogen-bond donors (Lipinski definition) is 2. The standard InChI is InChI=1S/C16H17NO3/c18-14(10-17-9-12-4-2-1-3-5-12)13-6-7-15-16(8-13)20-11-19-15/h1-8,14,17-18H,9-11H2/t14-/m0/s1. The molecule has 0 amide bonds. The maximum Gasteiger partial charge on any atom is 0.231 e. The molecule has 0 spiro atoms. The van der Waals surface area contributed by atoms with Gasteiger partial charge in [-0.15, -0.1) is 0 Å². The highest BCUT2D eigenvalue weighted by molar-refractivity contribution is 5.45. The third-order valence-electron chi connectivity index (χ3n) is 3.29. The number of rotatable bonds is 5. The van der Waals surface area contributed by atoms with Gasteiger partial charge in [0.2, 0.25) is 6.79 Å². The molecule has 0 unspecified atom stereocenters. The van der Waals surface area contributed by atoms with E-state index in [1.165, 1.54) is 5.56 Å². The van der Waals surface area contributed by atoms with Gasteiger partial charge in [0.1, 0.15) is 0 Å². The molecule has 0 radical (unpaired) electrons. The summed E-state index contributed by atoms with van der Waals surface area (Å²) < 4.78 is 10.6. The first kappa shape index (κ1) is 13.0. The average molecular weight is 271 g/mol. The summed E-state index contributed by atoms with van der Waals surface area (Å²) in [6.07, 6.45) is -0.562. The van der Waals surface area contributed by atoms with Gasteiger partial charge >= 0.3 is 0 Å². The van der Waals surface area contributed by atoms with Gasteiger partial charge in [-0.25, -0.2) is 0 Å². The molecule has 0 aliphatic carbocycles. The molecule has 1 heterocycles. The summed E-state index contributed by atoms with van der Waals surface area (Å²) in [5.41, 5.74) is 2.03. The predicted molar refractivity (Wildman–Crippen MR) is 75.7 cm³/mol. The zero-order valence-corrected chi connectivity index (χ0v) is 11.1. The van der Waals surface area contributed by atoms with E-state index in [9.17, 15) is 5.11 Å². The van der Waals surface area contributed by atoms with Crippen molar-refractivity contribution < 1.29 is 14.6 Å². The predicted octanol–water partition coefficient (Wildman–Crippen LogP) is 2.24.